The Hall–Kier alpha value is -1.59. The summed E-state index contributed by atoms with van der Waals surface area (Å²) in [6.45, 7) is 11.3. The van der Waals surface area contributed by atoms with Crippen molar-refractivity contribution in [3.8, 4) is 0 Å². The standard InChI is InChI=1S/C53H102O6/c1-6-7-8-9-10-11-12-13-14-15-16-17-18-19-24-29-35-40-45-53(56)59-50(47-58-52(55)44-39-34-30-25-27-32-37-42-49(4)5)46-57-51(54)43-38-33-28-23-21-20-22-26-31-36-41-48(2)3/h48-50H,6-47H2,1-5H3/t50-/m0/s1. The largest absolute Gasteiger partial charge is 0.462 e. The van der Waals surface area contributed by atoms with Crippen LogP contribution >= 0.6 is 0 Å². The van der Waals surface area contributed by atoms with Crippen molar-refractivity contribution in [2.45, 2.75) is 298 Å². The fraction of sp³-hybridized carbons (Fsp3) is 0.943. The summed E-state index contributed by atoms with van der Waals surface area (Å²) in [7, 11) is 0. The van der Waals surface area contributed by atoms with Crippen molar-refractivity contribution in [1.82, 2.24) is 0 Å². The molecule has 0 saturated heterocycles. The highest BCUT2D eigenvalue weighted by Gasteiger charge is 2.19. The molecule has 0 rings (SSSR count). The Bertz CT molecular complexity index is 900. The molecular formula is C53H102O6. The number of hydrogen-bond acceptors (Lipinski definition) is 6. The van der Waals surface area contributed by atoms with Crippen LogP contribution in [0.4, 0.5) is 0 Å². The summed E-state index contributed by atoms with van der Waals surface area (Å²) in [4.78, 5) is 37.9. The van der Waals surface area contributed by atoms with Crippen LogP contribution in [0.1, 0.15) is 291 Å². The molecule has 0 aromatic heterocycles. The Morgan fingerprint density at radius 3 is 0.831 bits per heavy atom. The van der Waals surface area contributed by atoms with Gasteiger partial charge in [0, 0.05) is 19.3 Å². The molecule has 0 aromatic rings. The highest BCUT2D eigenvalue weighted by molar-refractivity contribution is 5.71. The maximum atomic E-state index is 12.8. The molecule has 0 N–H and O–H groups in total. The van der Waals surface area contributed by atoms with Crippen molar-refractivity contribution >= 4 is 17.9 Å². The molecule has 0 unspecified atom stereocenters. The van der Waals surface area contributed by atoms with Crippen LogP contribution in [0.2, 0.25) is 0 Å². The van der Waals surface area contributed by atoms with Crippen LogP contribution in [-0.4, -0.2) is 37.2 Å². The molecule has 0 amide bonds. The van der Waals surface area contributed by atoms with E-state index < -0.39 is 6.10 Å². The van der Waals surface area contributed by atoms with Gasteiger partial charge in [0.05, 0.1) is 0 Å². The van der Waals surface area contributed by atoms with Gasteiger partial charge >= 0.3 is 17.9 Å². The van der Waals surface area contributed by atoms with Crippen LogP contribution in [0.15, 0.2) is 0 Å². The van der Waals surface area contributed by atoms with Crippen molar-refractivity contribution in [2.75, 3.05) is 13.2 Å². The summed E-state index contributed by atoms with van der Waals surface area (Å²) in [5, 5.41) is 0. The van der Waals surface area contributed by atoms with Gasteiger partial charge in [-0.25, -0.2) is 0 Å². The zero-order chi connectivity index (χ0) is 43.3. The highest BCUT2D eigenvalue weighted by Crippen LogP contribution is 2.17. The molecular weight excluding hydrogens is 733 g/mol. The second-order valence-corrected chi connectivity index (χ2v) is 19.1. The molecule has 0 aliphatic heterocycles. The van der Waals surface area contributed by atoms with E-state index in [9.17, 15) is 14.4 Å². The molecule has 1 atom stereocenters. The molecule has 59 heavy (non-hydrogen) atoms. The summed E-state index contributed by atoms with van der Waals surface area (Å²) < 4.78 is 16.8. The SMILES string of the molecule is CCCCCCCCCCCCCCCCCCCCC(=O)O[C@@H](COC(=O)CCCCCCCCCCCCC(C)C)COC(=O)CCCCCCCCCC(C)C. The zero-order valence-corrected chi connectivity index (χ0v) is 40.4. The van der Waals surface area contributed by atoms with E-state index in [1.807, 2.05) is 0 Å². The van der Waals surface area contributed by atoms with Crippen LogP contribution in [0.5, 0.6) is 0 Å². The fourth-order valence-corrected chi connectivity index (χ4v) is 7.99. The first-order valence-electron chi connectivity index (χ1n) is 26.2. The number of carbonyl (C=O) groups excluding carboxylic acids is 3. The first-order chi connectivity index (χ1) is 28.7. The van der Waals surface area contributed by atoms with Gasteiger partial charge in [0.15, 0.2) is 6.10 Å². The minimum Gasteiger partial charge on any atom is -0.462 e. The molecule has 0 aromatic carbocycles. The number of hydrogen-bond donors (Lipinski definition) is 0. The molecule has 0 saturated carbocycles. The maximum absolute atomic E-state index is 12.8. The van der Waals surface area contributed by atoms with E-state index in [4.69, 9.17) is 14.2 Å². The van der Waals surface area contributed by atoms with E-state index in [2.05, 4.69) is 34.6 Å². The van der Waals surface area contributed by atoms with Crippen LogP contribution < -0.4 is 0 Å². The highest BCUT2D eigenvalue weighted by atomic mass is 16.6. The second kappa shape index (κ2) is 45.9. The van der Waals surface area contributed by atoms with Crippen LogP contribution in [0.25, 0.3) is 0 Å². The van der Waals surface area contributed by atoms with E-state index in [0.717, 1.165) is 69.6 Å². The topological polar surface area (TPSA) is 78.9 Å². The van der Waals surface area contributed by atoms with Crippen molar-refractivity contribution < 1.29 is 28.6 Å². The monoisotopic (exact) mass is 835 g/mol. The molecule has 0 aliphatic carbocycles. The fourth-order valence-electron chi connectivity index (χ4n) is 7.99. The van der Waals surface area contributed by atoms with E-state index in [1.54, 1.807) is 0 Å². The number of ether oxygens (including phenoxy) is 3. The maximum Gasteiger partial charge on any atom is 0.306 e. The summed E-state index contributed by atoms with van der Waals surface area (Å²) >= 11 is 0. The smallest absolute Gasteiger partial charge is 0.306 e. The van der Waals surface area contributed by atoms with Gasteiger partial charge in [-0.15, -0.1) is 0 Å². The predicted molar refractivity (Wildman–Crippen MR) is 252 cm³/mol. The van der Waals surface area contributed by atoms with Crippen molar-refractivity contribution in [3.63, 3.8) is 0 Å². The van der Waals surface area contributed by atoms with Crippen LogP contribution in [0, 0.1) is 11.8 Å². The normalized spacial score (nSPS) is 12.1. The van der Waals surface area contributed by atoms with Gasteiger partial charge in [0.2, 0.25) is 0 Å². The lowest BCUT2D eigenvalue weighted by Crippen LogP contribution is -2.30. The lowest BCUT2D eigenvalue weighted by atomic mass is 10.0. The summed E-state index contributed by atoms with van der Waals surface area (Å²) in [5.41, 5.74) is 0. The van der Waals surface area contributed by atoms with E-state index in [1.165, 1.54) is 180 Å². The average molecular weight is 835 g/mol. The molecule has 0 aliphatic rings. The van der Waals surface area contributed by atoms with E-state index >= 15 is 0 Å². The third kappa shape index (κ3) is 47.3. The lowest BCUT2D eigenvalue weighted by Gasteiger charge is -2.18. The first kappa shape index (κ1) is 57.4. The van der Waals surface area contributed by atoms with Gasteiger partial charge in [-0.2, -0.15) is 0 Å². The molecule has 0 fully saturated rings. The van der Waals surface area contributed by atoms with Gasteiger partial charge in [-0.1, -0.05) is 253 Å². The number of unbranched alkanes of at least 4 members (excludes halogenated alkanes) is 32. The molecule has 0 heterocycles. The Kier molecular flexibility index (Phi) is 44.7. The van der Waals surface area contributed by atoms with Gasteiger partial charge in [0.1, 0.15) is 13.2 Å². The predicted octanol–water partition coefficient (Wildman–Crippen LogP) is 16.9. The van der Waals surface area contributed by atoms with Gasteiger partial charge in [0.25, 0.3) is 0 Å². The Labute approximate surface area is 368 Å². The van der Waals surface area contributed by atoms with Crippen molar-refractivity contribution in [3.05, 3.63) is 0 Å². The van der Waals surface area contributed by atoms with Crippen LogP contribution in [0.3, 0.4) is 0 Å². The van der Waals surface area contributed by atoms with Crippen LogP contribution in [-0.2, 0) is 28.6 Å². The molecule has 0 bridgehead atoms. The molecule has 6 heteroatoms. The minimum atomic E-state index is -0.762. The summed E-state index contributed by atoms with van der Waals surface area (Å²) in [6, 6.07) is 0. The van der Waals surface area contributed by atoms with Gasteiger partial charge in [-0.05, 0) is 31.1 Å². The minimum absolute atomic E-state index is 0.0645. The molecule has 350 valence electrons. The van der Waals surface area contributed by atoms with Gasteiger partial charge < -0.3 is 14.2 Å². The number of esters is 3. The second-order valence-electron chi connectivity index (χ2n) is 19.1. The molecule has 6 nitrogen and oxygen atoms in total. The zero-order valence-electron chi connectivity index (χ0n) is 40.4. The van der Waals surface area contributed by atoms with Crippen molar-refractivity contribution in [2.24, 2.45) is 11.8 Å². The van der Waals surface area contributed by atoms with E-state index in [0.29, 0.717) is 19.3 Å². The first-order valence-corrected chi connectivity index (χ1v) is 26.2. The number of carbonyl (C=O) groups is 3. The Balaban J connectivity index is 4.27. The third-order valence-corrected chi connectivity index (χ3v) is 12.0. The Morgan fingerprint density at radius 1 is 0.322 bits per heavy atom. The third-order valence-electron chi connectivity index (χ3n) is 12.0. The Morgan fingerprint density at radius 2 is 0.559 bits per heavy atom. The van der Waals surface area contributed by atoms with Gasteiger partial charge in [-0.3, -0.25) is 14.4 Å². The molecule has 0 spiro atoms. The lowest BCUT2D eigenvalue weighted by molar-refractivity contribution is -0.167. The summed E-state index contributed by atoms with van der Waals surface area (Å²) in [5.74, 6) is 0.749. The van der Waals surface area contributed by atoms with E-state index in [-0.39, 0.29) is 31.1 Å². The quantitative estimate of drug-likeness (QED) is 0.0345. The number of rotatable bonds is 47. The molecule has 0 radical (unpaired) electrons. The summed E-state index contributed by atoms with van der Waals surface area (Å²) in [6.07, 6.45) is 46.7. The van der Waals surface area contributed by atoms with Crippen molar-refractivity contribution in [1.29, 1.82) is 0 Å². The average Bonchev–Trinajstić information content (AvgIpc) is 3.20.